The summed E-state index contributed by atoms with van der Waals surface area (Å²) in [6.07, 6.45) is 4.67. The van der Waals surface area contributed by atoms with Gasteiger partial charge in [-0.25, -0.2) is 0 Å². The molecule has 0 heterocycles. The number of para-hydroxylation sites is 1. The second kappa shape index (κ2) is 8.68. The van der Waals surface area contributed by atoms with Crippen molar-refractivity contribution in [3.05, 3.63) is 30.3 Å². The van der Waals surface area contributed by atoms with Crippen molar-refractivity contribution in [2.75, 3.05) is 18.6 Å². The second-order valence-electron chi connectivity index (χ2n) is 5.29. The van der Waals surface area contributed by atoms with Crippen LogP contribution in [0.3, 0.4) is 0 Å². The molecule has 1 atom stereocenters. The molecule has 0 radical (unpaired) electrons. The van der Waals surface area contributed by atoms with E-state index in [-0.39, 0.29) is 18.4 Å². The lowest BCUT2D eigenvalue weighted by Crippen LogP contribution is -2.48. The summed E-state index contributed by atoms with van der Waals surface area (Å²) in [5.41, 5.74) is 0. The molecule has 1 aliphatic carbocycles. The lowest BCUT2D eigenvalue weighted by molar-refractivity contribution is -0.130. The number of hydrogen-bond acceptors (Lipinski definition) is 4. The lowest BCUT2D eigenvalue weighted by Gasteiger charge is -2.18. The van der Waals surface area contributed by atoms with Crippen molar-refractivity contribution in [1.82, 2.24) is 10.6 Å². The van der Waals surface area contributed by atoms with Crippen LogP contribution in [-0.4, -0.2) is 42.5 Å². The summed E-state index contributed by atoms with van der Waals surface area (Å²) in [7, 11) is 0. The van der Waals surface area contributed by atoms with Gasteiger partial charge in [0.1, 0.15) is 11.8 Å². The van der Waals surface area contributed by atoms with Crippen molar-refractivity contribution >= 4 is 23.6 Å². The van der Waals surface area contributed by atoms with Gasteiger partial charge in [-0.2, -0.15) is 11.8 Å². The van der Waals surface area contributed by atoms with Crippen molar-refractivity contribution in [3.63, 3.8) is 0 Å². The minimum absolute atomic E-state index is 0.0868. The van der Waals surface area contributed by atoms with Crippen LogP contribution >= 0.6 is 11.8 Å². The van der Waals surface area contributed by atoms with Gasteiger partial charge in [0.25, 0.3) is 5.91 Å². The van der Waals surface area contributed by atoms with E-state index in [1.807, 2.05) is 24.5 Å². The maximum absolute atomic E-state index is 12.1. The van der Waals surface area contributed by atoms with Gasteiger partial charge in [0.05, 0.1) is 0 Å². The number of hydrogen-bond donors (Lipinski definition) is 2. The Labute approximate surface area is 135 Å². The van der Waals surface area contributed by atoms with Gasteiger partial charge in [-0.05, 0) is 43.4 Å². The molecule has 5 nitrogen and oxygen atoms in total. The minimum atomic E-state index is -0.486. The standard InChI is InChI=1S/C16H22N2O3S/c1-22-10-9-14(16(20)17-12-7-8-12)18-15(19)11-21-13-5-3-2-4-6-13/h2-6,12,14H,7-11H2,1H3,(H,17,20)(H,18,19)/t14-/m1/s1. The molecule has 0 aromatic heterocycles. The normalized spacial score (nSPS) is 15.0. The fraction of sp³-hybridized carbons (Fsp3) is 0.500. The van der Waals surface area contributed by atoms with Crippen LogP contribution in [0, 0.1) is 0 Å². The van der Waals surface area contributed by atoms with Crippen LogP contribution in [-0.2, 0) is 9.59 Å². The molecule has 1 saturated carbocycles. The second-order valence-corrected chi connectivity index (χ2v) is 6.27. The molecule has 2 rings (SSSR count). The molecular weight excluding hydrogens is 300 g/mol. The zero-order valence-corrected chi connectivity index (χ0v) is 13.5. The molecule has 0 spiro atoms. The van der Waals surface area contributed by atoms with Crippen molar-refractivity contribution in [2.45, 2.75) is 31.3 Å². The maximum Gasteiger partial charge on any atom is 0.258 e. The average Bonchev–Trinajstić information content (AvgIpc) is 3.34. The molecular formula is C16H22N2O3S. The minimum Gasteiger partial charge on any atom is -0.484 e. The Kier molecular flexibility index (Phi) is 6.58. The highest BCUT2D eigenvalue weighted by molar-refractivity contribution is 7.98. The number of nitrogens with one attached hydrogen (secondary N) is 2. The van der Waals surface area contributed by atoms with Gasteiger partial charge in [-0.1, -0.05) is 18.2 Å². The number of benzene rings is 1. The number of amides is 2. The summed E-state index contributed by atoms with van der Waals surface area (Å²) in [6.45, 7) is -0.0868. The largest absolute Gasteiger partial charge is 0.484 e. The first-order valence-electron chi connectivity index (χ1n) is 7.45. The van der Waals surface area contributed by atoms with E-state index in [0.29, 0.717) is 18.2 Å². The Morgan fingerprint density at radius 2 is 2.05 bits per heavy atom. The molecule has 0 unspecified atom stereocenters. The van der Waals surface area contributed by atoms with E-state index in [2.05, 4.69) is 10.6 Å². The highest BCUT2D eigenvalue weighted by Crippen LogP contribution is 2.19. The molecule has 1 fully saturated rings. The molecule has 1 aliphatic rings. The smallest absolute Gasteiger partial charge is 0.258 e. The summed E-state index contributed by atoms with van der Waals surface area (Å²) in [5, 5.41) is 5.70. The monoisotopic (exact) mass is 322 g/mol. The summed E-state index contributed by atoms with van der Waals surface area (Å²) in [6, 6.07) is 8.96. The van der Waals surface area contributed by atoms with E-state index < -0.39 is 6.04 Å². The van der Waals surface area contributed by atoms with Crippen molar-refractivity contribution in [2.24, 2.45) is 0 Å². The fourth-order valence-electron chi connectivity index (χ4n) is 1.94. The van der Waals surface area contributed by atoms with E-state index in [4.69, 9.17) is 4.74 Å². The van der Waals surface area contributed by atoms with Gasteiger partial charge in [-0.3, -0.25) is 9.59 Å². The Balaban J connectivity index is 1.79. The highest BCUT2D eigenvalue weighted by atomic mass is 32.2. The van der Waals surface area contributed by atoms with Crippen LogP contribution in [0.1, 0.15) is 19.3 Å². The van der Waals surface area contributed by atoms with Crippen LogP contribution in [0.5, 0.6) is 5.75 Å². The summed E-state index contributed by atoms with van der Waals surface area (Å²) >= 11 is 1.66. The SMILES string of the molecule is CSCC[C@@H](NC(=O)COc1ccccc1)C(=O)NC1CC1. The van der Waals surface area contributed by atoms with Gasteiger partial charge < -0.3 is 15.4 Å². The Bertz CT molecular complexity index is 491. The third-order valence-corrected chi connectivity index (χ3v) is 3.94. The van der Waals surface area contributed by atoms with E-state index >= 15 is 0 Å². The van der Waals surface area contributed by atoms with Crippen LogP contribution < -0.4 is 15.4 Å². The van der Waals surface area contributed by atoms with E-state index in [1.54, 1.807) is 23.9 Å². The average molecular weight is 322 g/mol. The fourth-order valence-corrected chi connectivity index (χ4v) is 2.41. The van der Waals surface area contributed by atoms with E-state index in [9.17, 15) is 9.59 Å². The van der Waals surface area contributed by atoms with Crippen LogP contribution in [0.4, 0.5) is 0 Å². The molecule has 1 aromatic rings. The summed E-state index contributed by atoms with van der Waals surface area (Å²) < 4.78 is 5.40. The Morgan fingerprint density at radius 1 is 1.32 bits per heavy atom. The number of thioether (sulfide) groups is 1. The van der Waals surface area contributed by atoms with Crippen molar-refractivity contribution < 1.29 is 14.3 Å². The van der Waals surface area contributed by atoms with Crippen LogP contribution in [0.2, 0.25) is 0 Å². The van der Waals surface area contributed by atoms with Gasteiger partial charge in [0.15, 0.2) is 6.61 Å². The Hall–Kier alpha value is -1.69. The van der Waals surface area contributed by atoms with Crippen LogP contribution in [0.25, 0.3) is 0 Å². The zero-order valence-electron chi connectivity index (χ0n) is 12.7. The molecule has 120 valence electrons. The number of ether oxygens (including phenoxy) is 1. The molecule has 1 aromatic carbocycles. The number of rotatable bonds is 9. The zero-order chi connectivity index (χ0) is 15.8. The van der Waals surface area contributed by atoms with E-state index in [1.165, 1.54) is 0 Å². The molecule has 0 aliphatic heterocycles. The first-order valence-corrected chi connectivity index (χ1v) is 8.85. The molecule has 2 amide bonds. The number of carbonyl (C=O) groups excluding carboxylic acids is 2. The molecule has 2 N–H and O–H groups in total. The van der Waals surface area contributed by atoms with Gasteiger partial charge >= 0.3 is 0 Å². The molecule has 0 bridgehead atoms. The lowest BCUT2D eigenvalue weighted by atomic mass is 10.2. The number of carbonyl (C=O) groups is 2. The third-order valence-electron chi connectivity index (χ3n) is 3.30. The molecule has 6 heteroatoms. The van der Waals surface area contributed by atoms with Crippen molar-refractivity contribution in [1.29, 1.82) is 0 Å². The van der Waals surface area contributed by atoms with Gasteiger partial charge in [0.2, 0.25) is 5.91 Å². The Morgan fingerprint density at radius 3 is 2.68 bits per heavy atom. The summed E-state index contributed by atoms with van der Waals surface area (Å²) in [5.74, 6) is 1.09. The quantitative estimate of drug-likeness (QED) is 0.724. The predicted octanol–water partition coefficient (Wildman–Crippen LogP) is 1.58. The van der Waals surface area contributed by atoms with Gasteiger partial charge in [-0.15, -0.1) is 0 Å². The maximum atomic E-state index is 12.1. The van der Waals surface area contributed by atoms with Crippen molar-refractivity contribution in [3.8, 4) is 5.75 Å². The third kappa shape index (κ3) is 5.97. The van der Waals surface area contributed by atoms with Gasteiger partial charge in [0, 0.05) is 6.04 Å². The molecule has 0 saturated heterocycles. The topological polar surface area (TPSA) is 67.4 Å². The molecule has 22 heavy (non-hydrogen) atoms. The summed E-state index contributed by atoms with van der Waals surface area (Å²) in [4.78, 5) is 24.1. The van der Waals surface area contributed by atoms with E-state index in [0.717, 1.165) is 18.6 Å². The first kappa shape index (κ1) is 16.7. The predicted molar refractivity (Wildman–Crippen MR) is 88.0 cm³/mol. The van der Waals surface area contributed by atoms with Crippen LogP contribution in [0.15, 0.2) is 30.3 Å². The first-order chi connectivity index (χ1) is 10.7. The highest BCUT2D eigenvalue weighted by Gasteiger charge is 2.28.